The van der Waals surface area contributed by atoms with Crippen LogP contribution in [-0.2, 0) is 15.1 Å². The summed E-state index contributed by atoms with van der Waals surface area (Å²) in [5.41, 5.74) is -2.67. The molecule has 4 nitrogen and oxygen atoms in total. The fourth-order valence-electron chi connectivity index (χ4n) is 4.46. The van der Waals surface area contributed by atoms with Crippen molar-refractivity contribution in [2.24, 2.45) is 0 Å². The van der Waals surface area contributed by atoms with Gasteiger partial charge in [-0.1, -0.05) is 35.3 Å². The Kier molecular flexibility index (Phi) is 5.63. The molecule has 164 valence electrons. The quantitative estimate of drug-likeness (QED) is 0.405. The molecular weight excluding hydrogens is 447 g/mol. The molecule has 0 spiro atoms. The topological polar surface area (TPSA) is 46.5 Å². The number of carbonyl (C=O) groups is 1. The number of halogens is 4. The Bertz CT molecular complexity index is 1000. The second-order valence-corrected chi connectivity index (χ2v) is 9.43. The fourth-order valence-corrected chi connectivity index (χ4v) is 4.69. The van der Waals surface area contributed by atoms with Crippen molar-refractivity contribution in [2.45, 2.75) is 36.6 Å². The van der Waals surface area contributed by atoms with Gasteiger partial charge < -0.3 is 14.3 Å². The summed E-state index contributed by atoms with van der Waals surface area (Å²) in [5.74, 6) is -2.65. The molecule has 8 heteroatoms. The molecule has 4 rings (SSSR count). The molecule has 31 heavy (non-hydrogen) atoms. The predicted molar refractivity (Wildman–Crippen MR) is 114 cm³/mol. The van der Waals surface area contributed by atoms with E-state index < -0.39 is 29.3 Å². The Morgan fingerprint density at radius 2 is 1.45 bits per heavy atom. The van der Waals surface area contributed by atoms with E-state index in [-0.39, 0.29) is 33.3 Å². The number of quaternary nitrogens is 1. The maximum atomic E-state index is 14.2. The second-order valence-electron chi connectivity index (χ2n) is 8.62. The summed E-state index contributed by atoms with van der Waals surface area (Å²) >= 11 is 11.5. The average Bonchev–Trinajstić information content (AvgIpc) is 2.88. The number of piperidine rings is 1. The van der Waals surface area contributed by atoms with E-state index in [4.69, 9.17) is 27.9 Å². The molecule has 2 aromatic rings. The lowest BCUT2D eigenvalue weighted by Crippen LogP contribution is -2.57. The van der Waals surface area contributed by atoms with Crippen LogP contribution in [0.5, 0.6) is 0 Å². The van der Waals surface area contributed by atoms with Crippen molar-refractivity contribution in [1.82, 2.24) is 0 Å². The standard InChI is InChI=1S/C23H22Cl2F2NO3/c1-28(2)15-5-6-16(28)12-17(11-15)31-22(29)23(30,13-3-7-18(24)20(26)9-13)14-4-8-19(25)21(27)10-14/h3-10,15-17,30H,11-12H2,1-2H3/q+1/t15-,16?,17?/m1/s1. The number of hydrogen-bond acceptors (Lipinski definition) is 3. The third-order valence-corrected chi connectivity index (χ3v) is 7.13. The first-order valence-corrected chi connectivity index (χ1v) is 10.6. The van der Waals surface area contributed by atoms with Gasteiger partial charge in [-0.15, -0.1) is 0 Å². The third kappa shape index (κ3) is 3.76. The summed E-state index contributed by atoms with van der Waals surface area (Å²) in [7, 11) is 4.24. The number of rotatable bonds is 4. The molecule has 2 aliphatic rings. The van der Waals surface area contributed by atoms with Gasteiger partial charge in [0.1, 0.15) is 29.8 Å². The van der Waals surface area contributed by atoms with Crippen LogP contribution in [0.25, 0.3) is 0 Å². The largest absolute Gasteiger partial charge is 0.459 e. The summed E-state index contributed by atoms with van der Waals surface area (Å²) in [6, 6.07) is 7.33. The molecule has 3 atom stereocenters. The molecule has 1 fully saturated rings. The van der Waals surface area contributed by atoms with Gasteiger partial charge in [-0.25, -0.2) is 13.6 Å². The monoisotopic (exact) mass is 468 g/mol. The van der Waals surface area contributed by atoms with Gasteiger partial charge in [-0.2, -0.15) is 0 Å². The van der Waals surface area contributed by atoms with Crippen molar-refractivity contribution < 1.29 is 27.9 Å². The van der Waals surface area contributed by atoms with Gasteiger partial charge in [0.25, 0.3) is 0 Å². The number of hydrogen-bond donors (Lipinski definition) is 1. The smallest absolute Gasteiger partial charge is 0.347 e. The van der Waals surface area contributed by atoms with Crippen LogP contribution in [0.15, 0.2) is 48.6 Å². The van der Waals surface area contributed by atoms with Gasteiger partial charge in [-0.3, -0.25) is 0 Å². The maximum Gasteiger partial charge on any atom is 0.347 e. The van der Waals surface area contributed by atoms with Crippen molar-refractivity contribution in [3.63, 3.8) is 0 Å². The zero-order valence-electron chi connectivity index (χ0n) is 17.0. The van der Waals surface area contributed by atoms with E-state index in [1.54, 1.807) is 0 Å². The lowest BCUT2D eigenvalue weighted by molar-refractivity contribution is -0.926. The highest BCUT2D eigenvalue weighted by molar-refractivity contribution is 6.31. The summed E-state index contributed by atoms with van der Waals surface area (Å²) < 4.78 is 34.9. The van der Waals surface area contributed by atoms with E-state index in [0.29, 0.717) is 12.8 Å². The maximum absolute atomic E-state index is 14.2. The Balaban J connectivity index is 1.70. The van der Waals surface area contributed by atoms with Crippen LogP contribution in [0.3, 0.4) is 0 Å². The van der Waals surface area contributed by atoms with E-state index in [9.17, 15) is 18.7 Å². The number of benzene rings is 2. The zero-order valence-corrected chi connectivity index (χ0v) is 18.5. The molecule has 0 radical (unpaired) electrons. The SMILES string of the molecule is C[N+]1(C)C2C=C[C@@H]1CC(OC(=O)C(O)(c1ccc(Cl)c(F)c1)c1ccc(Cl)c(F)c1)C2. The number of esters is 1. The minimum Gasteiger partial charge on any atom is -0.459 e. The molecule has 2 aliphatic heterocycles. The van der Waals surface area contributed by atoms with Gasteiger partial charge in [-0.05, 0) is 36.4 Å². The van der Waals surface area contributed by atoms with Gasteiger partial charge in [0.05, 0.1) is 24.1 Å². The van der Waals surface area contributed by atoms with Gasteiger partial charge >= 0.3 is 5.97 Å². The average molecular weight is 469 g/mol. The number of aliphatic hydroxyl groups is 1. The van der Waals surface area contributed by atoms with Crippen molar-refractivity contribution in [3.05, 3.63) is 81.4 Å². The van der Waals surface area contributed by atoms with Crippen molar-refractivity contribution in [1.29, 1.82) is 0 Å². The molecule has 0 saturated carbocycles. The van der Waals surface area contributed by atoms with Crippen LogP contribution in [0.1, 0.15) is 24.0 Å². The number of likely N-dealkylation sites (N-methyl/N-ethyl adjacent to an activating group) is 1. The van der Waals surface area contributed by atoms with Crippen LogP contribution in [0, 0.1) is 11.6 Å². The van der Waals surface area contributed by atoms with Crippen molar-refractivity contribution in [2.75, 3.05) is 14.1 Å². The number of ether oxygens (including phenoxy) is 1. The lowest BCUT2D eigenvalue weighted by Gasteiger charge is -2.44. The third-order valence-electron chi connectivity index (χ3n) is 6.52. The van der Waals surface area contributed by atoms with Crippen molar-refractivity contribution >= 4 is 29.2 Å². The molecule has 2 bridgehead atoms. The Hall–Kier alpha value is -1.99. The molecule has 1 saturated heterocycles. The van der Waals surface area contributed by atoms with Crippen LogP contribution in [0.4, 0.5) is 8.78 Å². The fraction of sp³-hybridized carbons (Fsp3) is 0.348. The number of nitrogens with zero attached hydrogens (tertiary/aromatic N) is 1. The van der Waals surface area contributed by atoms with Gasteiger partial charge in [0.2, 0.25) is 5.60 Å². The zero-order chi connectivity index (χ0) is 22.6. The molecule has 2 unspecified atom stereocenters. The van der Waals surface area contributed by atoms with Crippen LogP contribution in [-0.4, -0.2) is 47.8 Å². The Labute approximate surface area is 189 Å². The van der Waals surface area contributed by atoms with E-state index in [1.807, 2.05) is 0 Å². The first kappa shape index (κ1) is 22.2. The molecule has 2 aromatic carbocycles. The highest BCUT2D eigenvalue weighted by Crippen LogP contribution is 2.39. The second kappa shape index (κ2) is 7.85. The number of carbonyl (C=O) groups excluding carboxylic acids is 1. The highest BCUT2D eigenvalue weighted by Gasteiger charge is 2.49. The molecule has 0 aliphatic carbocycles. The van der Waals surface area contributed by atoms with E-state index in [0.717, 1.165) is 16.6 Å². The summed E-state index contributed by atoms with van der Waals surface area (Å²) in [5, 5.41) is 11.2. The predicted octanol–water partition coefficient (Wildman–Crippen LogP) is 4.60. The van der Waals surface area contributed by atoms with E-state index in [2.05, 4.69) is 26.2 Å². The summed E-state index contributed by atoms with van der Waals surface area (Å²) in [4.78, 5) is 13.3. The van der Waals surface area contributed by atoms with E-state index >= 15 is 0 Å². The van der Waals surface area contributed by atoms with Gasteiger partial charge in [0, 0.05) is 24.0 Å². The Morgan fingerprint density at radius 3 is 1.87 bits per heavy atom. The molecule has 2 heterocycles. The Morgan fingerprint density at radius 1 is 1.00 bits per heavy atom. The van der Waals surface area contributed by atoms with Crippen LogP contribution < -0.4 is 0 Å². The minimum atomic E-state index is -2.44. The number of fused-ring (bicyclic) bond motifs is 2. The molecule has 0 aromatic heterocycles. The lowest BCUT2D eigenvalue weighted by atomic mass is 9.86. The van der Waals surface area contributed by atoms with E-state index in [1.165, 1.54) is 24.3 Å². The highest BCUT2D eigenvalue weighted by atomic mass is 35.5. The minimum absolute atomic E-state index is 0.117. The summed E-state index contributed by atoms with van der Waals surface area (Å²) in [6.45, 7) is 0. The van der Waals surface area contributed by atoms with Crippen LogP contribution in [0.2, 0.25) is 10.0 Å². The first-order chi connectivity index (χ1) is 14.5. The normalized spacial score (nSPS) is 24.3. The summed E-state index contributed by atoms with van der Waals surface area (Å²) in [6.07, 6.45) is 4.98. The van der Waals surface area contributed by atoms with Crippen molar-refractivity contribution in [3.8, 4) is 0 Å². The molecular formula is C23H22Cl2F2NO3+. The van der Waals surface area contributed by atoms with Gasteiger partial charge in [0.15, 0.2) is 0 Å². The molecule has 0 amide bonds. The first-order valence-electron chi connectivity index (χ1n) is 9.89. The molecule has 1 N–H and O–H groups in total. The van der Waals surface area contributed by atoms with Crippen LogP contribution >= 0.6 is 23.2 Å².